The van der Waals surface area contributed by atoms with Crippen LogP contribution in [0.5, 0.6) is 0 Å². The molecule has 6 heteroatoms. The molecule has 2 aromatic carbocycles. The first-order chi connectivity index (χ1) is 13.5. The third-order valence-corrected chi connectivity index (χ3v) is 4.32. The Morgan fingerprint density at radius 1 is 0.893 bits per heavy atom. The zero-order valence-corrected chi connectivity index (χ0v) is 15.9. The predicted molar refractivity (Wildman–Crippen MR) is 112 cm³/mol. The minimum absolute atomic E-state index is 0.0815. The maximum atomic E-state index is 12.9. The van der Waals surface area contributed by atoms with Gasteiger partial charge in [-0.2, -0.15) is 0 Å². The van der Waals surface area contributed by atoms with E-state index in [-0.39, 0.29) is 10.7 Å². The Bertz CT molecular complexity index is 1030. The van der Waals surface area contributed by atoms with Gasteiger partial charge in [0.15, 0.2) is 0 Å². The van der Waals surface area contributed by atoms with E-state index >= 15 is 0 Å². The minimum Gasteiger partial charge on any atom is -0.322 e. The SMILES string of the molecule is Cc1ccccc1NC(=O)C(=Cc1cccnc1Cl)C(=O)Nc1ccccc1. The summed E-state index contributed by atoms with van der Waals surface area (Å²) in [4.78, 5) is 29.7. The van der Waals surface area contributed by atoms with Crippen LogP contribution >= 0.6 is 11.6 Å². The molecule has 0 aliphatic rings. The second kappa shape index (κ2) is 8.97. The fourth-order valence-electron chi connectivity index (χ4n) is 2.52. The Balaban J connectivity index is 1.94. The summed E-state index contributed by atoms with van der Waals surface area (Å²) >= 11 is 6.10. The number of anilines is 2. The van der Waals surface area contributed by atoms with Gasteiger partial charge in [0, 0.05) is 23.1 Å². The van der Waals surface area contributed by atoms with Crippen LogP contribution in [0.15, 0.2) is 78.5 Å². The highest BCUT2D eigenvalue weighted by molar-refractivity contribution is 6.32. The van der Waals surface area contributed by atoms with E-state index in [0.29, 0.717) is 16.9 Å². The molecule has 1 heterocycles. The number of aryl methyl sites for hydroxylation is 1. The van der Waals surface area contributed by atoms with Crippen LogP contribution < -0.4 is 10.6 Å². The van der Waals surface area contributed by atoms with E-state index < -0.39 is 11.8 Å². The van der Waals surface area contributed by atoms with Gasteiger partial charge in [-0.15, -0.1) is 0 Å². The lowest BCUT2D eigenvalue weighted by molar-refractivity contribution is -0.118. The number of amides is 2. The van der Waals surface area contributed by atoms with E-state index in [9.17, 15) is 9.59 Å². The monoisotopic (exact) mass is 391 g/mol. The van der Waals surface area contributed by atoms with Crippen LogP contribution in [0.3, 0.4) is 0 Å². The molecular formula is C22H18ClN3O2. The van der Waals surface area contributed by atoms with Crippen LogP contribution in [0.1, 0.15) is 11.1 Å². The number of pyridine rings is 1. The molecule has 0 saturated heterocycles. The quantitative estimate of drug-likeness (QED) is 0.286. The van der Waals surface area contributed by atoms with Crippen LogP contribution in [0, 0.1) is 6.92 Å². The number of para-hydroxylation sites is 2. The molecule has 1 aromatic heterocycles. The maximum absolute atomic E-state index is 12.9. The summed E-state index contributed by atoms with van der Waals surface area (Å²) < 4.78 is 0. The van der Waals surface area contributed by atoms with Crippen molar-refractivity contribution in [2.75, 3.05) is 10.6 Å². The van der Waals surface area contributed by atoms with E-state index in [1.807, 2.05) is 31.2 Å². The molecule has 5 nitrogen and oxygen atoms in total. The second-order valence-corrected chi connectivity index (χ2v) is 6.39. The minimum atomic E-state index is -0.544. The molecule has 140 valence electrons. The highest BCUT2D eigenvalue weighted by Crippen LogP contribution is 2.19. The first-order valence-electron chi connectivity index (χ1n) is 8.60. The topological polar surface area (TPSA) is 71.1 Å². The molecule has 0 aliphatic heterocycles. The summed E-state index contributed by atoms with van der Waals surface area (Å²) in [5.74, 6) is -1.08. The van der Waals surface area contributed by atoms with Crippen LogP contribution in [0.2, 0.25) is 5.15 Å². The average molecular weight is 392 g/mol. The molecule has 3 aromatic rings. The van der Waals surface area contributed by atoms with Gasteiger partial charge in [-0.3, -0.25) is 9.59 Å². The highest BCUT2D eigenvalue weighted by atomic mass is 35.5. The van der Waals surface area contributed by atoms with Gasteiger partial charge in [0.25, 0.3) is 11.8 Å². The number of aromatic nitrogens is 1. The largest absolute Gasteiger partial charge is 0.322 e. The number of carbonyl (C=O) groups is 2. The number of nitrogens with one attached hydrogen (secondary N) is 2. The Morgan fingerprint density at radius 2 is 1.57 bits per heavy atom. The lowest BCUT2D eigenvalue weighted by Crippen LogP contribution is -2.25. The zero-order valence-electron chi connectivity index (χ0n) is 15.1. The molecule has 0 fully saturated rings. The number of hydrogen-bond donors (Lipinski definition) is 2. The Morgan fingerprint density at radius 3 is 2.29 bits per heavy atom. The van der Waals surface area contributed by atoms with E-state index in [4.69, 9.17) is 11.6 Å². The van der Waals surface area contributed by atoms with Gasteiger partial charge >= 0.3 is 0 Å². The average Bonchev–Trinajstić information content (AvgIpc) is 2.69. The van der Waals surface area contributed by atoms with Gasteiger partial charge in [0.1, 0.15) is 10.7 Å². The van der Waals surface area contributed by atoms with E-state index in [2.05, 4.69) is 15.6 Å². The van der Waals surface area contributed by atoms with Crippen molar-refractivity contribution in [3.63, 3.8) is 0 Å². The van der Waals surface area contributed by atoms with Gasteiger partial charge in [0.05, 0.1) is 0 Å². The molecule has 0 saturated carbocycles. The van der Waals surface area contributed by atoms with Crippen molar-refractivity contribution in [1.82, 2.24) is 4.98 Å². The normalized spacial score (nSPS) is 11.0. The number of benzene rings is 2. The molecule has 0 unspecified atom stereocenters. The number of rotatable bonds is 5. The van der Waals surface area contributed by atoms with Crippen LogP contribution in [0.4, 0.5) is 11.4 Å². The molecule has 2 amide bonds. The van der Waals surface area contributed by atoms with Crippen molar-refractivity contribution in [3.05, 3.63) is 94.8 Å². The highest BCUT2D eigenvalue weighted by Gasteiger charge is 2.20. The number of hydrogen-bond acceptors (Lipinski definition) is 3. The van der Waals surface area contributed by atoms with Crippen LogP contribution in [0.25, 0.3) is 6.08 Å². The summed E-state index contributed by atoms with van der Waals surface area (Å²) in [5, 5.41) is 5.72. The van der Waals surface area contributed by atoms with Crippen molar-refractivity contribution < 1.29 is 9.59 Å². The van der Waals surface area contributed by atoms with E-state index in [1.165, 1.54) is 12.3 Å². The van der Waals surface area contributed by atoms with Gasteiger partial charge < -0.3 is 10.6 Å². The van der Waals surface area contributed by atoms with Crippen molar-refractivity contribution in [2.24, 2.45) is 0 Å². The smallest absolute Gasteiger partial charge is 0.261 e. The fourth-order valence-corrected chi connectivity index (χ4v) is 2.69. The Hall–Kier alpha value is -3.44. The molecular weight excluding hydrogens is 374 g/mol. The lowest BCUT2D eigenvalue weighted by atomic mass is 10.1. The number of carbonyl (C=O) groups excluding carboxylic acids is 2. The summed E-state index contributed by atoms with van der Waals surface area (Å²) in [5.41, 5.74) is 2.49. The summed E-state index contributed by atoms with van der Waals surface area (Å²) in [7, 11) is 0. The van der Waals surface area contributed by atoms with E-state index in [1.54, 1.807) is 42.5 Å². The zero-order chi connectivity index (χ0) is 19.9. The van der Waals surface area contributed by atoms with E-state index in [0.717, 1.165) is 5.56 Å². The van der Waals surface area contributed by atoms with Crippen molar-refractivity contribution >= 4 is 40.9 Å². The third kappa shape index (κ3) is 4.84. The van der Waals surface area contributed by atoms with Gasteiger partial charge in [0.2, 0.25) is 0 Å². The molecule has 2 N–H and O–H groups in total. The van der Waals surface area contributed by atoms with Gasteiger partial charge in [-0.1, -0.05) is 54.1 Å². The summed E-state index contributed by atoms with van der Waals surface area (Å²) in [6.45, 7) is 1.88. The first kappa shape index (κ1) is 19.3. The predicted octanol–water partition coefficient (Wildman–Crippen LogP) is 4.70. The van der Waals surface area contributed by atoms with Crippen molar-refractivity contribution in [1.29, 1.82) is 0 Å². The molecule has 0 spiro atoms. The van der Waals surface area contributed by atoms with Gasteiger partial charge in [-0.05, 0) is 42.8 Å². The third-order valence-electron chi connectivity index (χ3n) is 4.00. The Labute approximate surface area is 168 Å². The molecule has 0 bridgehead atoms. The Kier molecular flexibility index (Phi) is 6.19. The standard InChI is InChI=1S/C22H18ClN3O2/c1-15-8-5-6-12-19(15)26-22(28)18(14-16-9-7-13-24-20(16)23)21(27)25-17-10-3-2-4-11-17/h2-14H,1H3,(H,25,27)(H,26,28). The first-order valence-corrected chi connectivity index (χ1v) is 8.98. The molecule has 0 aliphatic carbocycles. The maximum Gasteiger partial charge on any atom is 0.261 e. The van der Waals surface area contributed by atoms with Crippen LogP contribution in [-0.2, 0) is 9.59 Å². The summed E-state index contributed by atoms with van der Waals surface area (Å²) in [6, 6.07) is 19.6. The second-order valence-electron chi connectivity index (χ2n) is 6.03. The van der Waals surface area contributed by atoms with Crippen LogP contribution in [-0.4, -0.2) is 16.8 Å². The molecule has 28 heavy (non-hydrogen) atoms. The molecule has 0 atom stereocenters. The molecule has 0 radical (unpaired) electrons. The number of halogens is 1. The van der Waals surface area contributed by atoms with Crippen molar-refractivity contribution in [2.45, 2.75) is 6.92 Å². The van der Waals surface area contributed by atoms with Gasteiger partial charge in [-0.25, -0.2) is 4.98 Å². The van der Waals surface area contributed by atoms with Crippen molar-refractivity contribution in [3.8, 4) is 0 Å². The fraction of sp³-hybridized carbons (Fsp3) is 0.0455. The summed E-state index contributed by atoms with van der Waals surface area (Å²) in [6.07, 6.45) is 2.97. The molecule has 3 rings (SSSR count). The lowest BCUT2D eigenvalue weighted by Gasteiger charge is -2.12. The number of nitrogens with zero attached hydrogens (tertiary/aromatic N) is 1.